The van der Waals surface area contributed by atoms with Crippen LogP contribution in [0.1, 0.15) is 32.4 Å². The molecule has 1 aromatic rings. The van der Waals surface area contributed by atoms with Crippen LogP contribution in [0, 0.1) is 22.7 Å². The summed E-state index contributed by atoms with van der Waals surface area (Å²) in [6.45, 7) is 7.51. The Morgan fingerprint density at radius 2 is 2.41 bits per heavy atom. The first-order valence-corrected chi connectivity index (χ1v) is 6.23. The van der Waals surface area contributed by atoms with Crippen molar-refractivity contribution in [3.8, 4) is 6.07 Å². The third kappa shape index (κ3) is 2.89. The van der Waals surface area contributed by atoms with Gasteiger partial charge in [-0.2, -0.15) is 5.26 Å². The van der Waals surface area contributed by atoms with E-state index in [1.165, 1.54) is 0 Å². The van der Waals surface area contributed by atoms with Crippen molar-refractivity contribution in [2.45, 2.75) is 33.2 Å². The molecule has 92 valence electrons. The van der Waals surface area contributed by atoms with E-state index >= 15 is 0 Å². The summed E-state index contributed by atoms with van der Waals surface area (Å²) in [5.41, 5.74) is 0.287. The standard InChI is InChI=1S/C14H20N2O/c1-14(2)6-8-16(10-12(14)5-7-15)11-13-4-3-9-17-13/h3-4,9,12H,5-6,8,10-11H2,1-2H3. The molecule has 3 heteroatoms. The number of hydrogen-bond donors (Lipinski definition) is 0. The topological polar surface area (TPSA) is 40.2 Å². The van der Waals surface area contributed by atoms with Gasteiger partial charge in [-0.05, 0) is 36.4 Å². The Morgan fingerprint density at radius 3 is 3.06 bits per heavy atom. The Bertz CT molecular complexity index is 389. The molecule has 0 amide bonds. The Kier molecular flexibility index (Phi) is 3.54. The summed E-state index contributed by atoms with van der Waals surface area (Å²) < 4.78 is 5.38. The molecule has 1 unspecified atom stereocenters. The molecule has 1 aromatic heterocycles. The third-order valence-corrected chi connectivity index (χ3v) is 3.95. The minimum absolute atomic E-state index is 0.287. The van der Waals surface area contributed by atoms with Crippen LogP contribution < -0.4 is 0 Å². The SMILES string of the molecule is CC1(C)CCN(Cc2ccco2)CC1CC#N. The average molecular weight is 232 g/mol. The molecule has 1 aliphatic rings. The van der Waals surface area contributed by atoms with Crippen LogP contribution in [0.3, 0.4) is 0 Å². The lowest BCUT2D eigenvalue weighted by Crippen LogP contribution is -2.44. The lowest BCUT2D eigenvalue weighted by atomic mass is 9.72. The van der Waals surface area contributed by atoms with Gasteiger partial charge in [-0.15, -0.1) is 0 Å². The van der Waals surface area contributed by atoms with Crippen molar-refractivity contribution in [1.82, 2.24) is 4.90 Å². The van der Waals surface area contributed by atoms with Gasteiger partial charge in [0.15, 0.2) is 0 Å². The van der Waals surface area contributed by atoms with Crippen molar-refractivity contribution in [1.29, 1.82) is 5.26 Å². The van der Waals surface area contributed by atoms with Crippen molar-refractivity contribution in [3.05, 3.63) is 24.2 Å². The average Bonchev–Trinajstić information content (AvgIpc) is 2.76. The lowest BCUT2D eigenvalue weighted by Gasteiger charge is -2.43. The molecule has 0 radical (unpaired) electrons. The first kappa shape index (κ1) is 12.2. The third-order valence-electron chi connectivity index (χ3n) is 3.95. The number of furan rings is 1. The molecule has 0 spiro atoms. The molecular formula is C14H20N2O. The number of nitriles is 1. The van der Waals surface area contributed by atoms with Crippen molar-refractivity contribution >= 4 is 0 Å². The Labute approximate surface area is 103 Å². The summed E-state index contributed by atoms with van der Waals surface area (Å²) in [7, 11) is 0. The van der Waals surface area contributed by atoms with Crippen LogP contribution in [-0.4, -0.2) is 18.0 Å². The summed E-state index contributed by atoms with van der Waals surface area (Å²) in [4.78, 5) is 2.39. The van der Waals surface area contributed by atoms with Crippen LogP contribution in [0.25, 0.3) is 0 Å². The fourth-order valence-corrected chi connectivity index (χ4v) is 2.52. The van der Waals surface area contributed by atoms with Gasteiger partial charge in [0.25, 0.3) is 0 Å². The molecule has 2 heterocycles. The molecule has 2 rings (SSSR count). The largest absolute Gasteiger partial charge is 0.468 e. The zero-order chi connectivity index (χ0) is 12.3. The molecule has 1 fully saturated rings. The highest BCUT2D eigenvalue weighted by Crippen LogP contribution is 2.37. The van der Waals surface area contributed by atoms with Crippen LogP contribution >= 0.6 is 0 Å². The first-order valence-electron chi connectivity index (χ1n) is 6.23. The molecular weight excluding hydrogens is 212 g/mol. The van der Waals surface area contributed by atoms with Gasteiger partial charge in [0.05, 0.1) is 18.9 Å². The smallest absolute Gasteiger partial charge is 0.117 e. The van der Waals surface area contributed by atoms with E-state index in [1.54, 1.807) is 6.26 Å². The number of likely N-dealkylation sites (tertiary alicyclic amines) is 1. The molecule has 17 heavy (non-hydrogen) atoms. The molecule has 0 bridgehead atoms. The van der Waals surface area contributed by atoms with E-state index in [2.05, 4.69) is 24.8 Å². The molecule has 1 aliphatic heterocycles. The van der Waals surface area contributed by atoms with Crippen LogP contribution in [0.5, 0.6) is 0 Å². The minimum atomic E-state index is 0.287. The summed E-state index contributed by atoms with van der Waals surface area (Å²) in [6, 6.07) is 6.26. The molecule has 3 nitrogen and oxygen atoms in total. The van der Waals surface area contributed by atoms with Crippen molar-refractivity contribution in [3.63, 3.8) is 0 Å². The monoisotopic (exact) mass is 232 g/mol. The summed E-state index contributed by atoms with van der Waals surface area (Å²) in [5.74, 6) is 1.48. The molecule has 0 aromatic carbocycles. The molecule has 1 saturated heterocycles. The van der Waals surface area contributed by atoms with Gasteiger partial charge in [-0.3, -0.25) is 4.90 Å². The second-order valence-electron chi connectivity index (χ2n) is 5.61. The van der Waals surface area contributed by atoms with E-state index < -0.39 is 0 Å². The van der Waals surface area contributed by atoms with Gasteiger partial charge < -0.3 is 4.42 Å². The van der Waals surface area contributed by atoms with Gasteiger partial charge in [0.1, 0.15) is 5.76 Å². The molecule has 0 aliphatic carbocycles. The van der Waals surface area contributed by atoms with Crippen LogP contribution in [0.4, 0.5) is 0 Å². The molecule has 0 N–H and O–H groups in total. The van der Waals surface area contributed by atoms with Crippen molar-refractivity contribution in [2.75, 3.05) is 13.1 Å². The van der Waals surface area contributed by atoms with E-state index in [9.17, 15) is 0 Å². The Balaban J connectivity index is 1.97. The van der Waals surface area contributed by atoms with Gasteiger partial charge in [-0.25, -0.2) is 0 Å². The van der Waals surface area contributed by atoms with Gasteiger partial charge >= 0.3 is 0 Å². The van der Waals surface area contributed by atoms with E-state index in [1.807, 2.05) is 12.1 Å². The zero-order valence-electron chi connectivity index (χ0n) is 10.6. The summed E-state index contributed by atoms with van der Waals surface area (Å²) >= 11 is 0. The van der Waals surface area contributed by atoms with E-state index in [0.717, 1.165) is 31.8 Å². The van der Waals surface area contributed by atoms with E-state index in [0.29, 0.717) is 12.3 Å². The maximum atomic E-state index is 8.91. The summed E-state index contributed by atoms with van der Waals surface area (Å²) in [6.07, 6.45) is 3.53. The summed E-state index contributed by atoms with van der Waals surface area (Å²) in [5, 5.41) is 8.91. The fourth-order valence-electron chi connectivity index (χ4n) is 2.52. The normalized spacial score (nSPS) is 24.4. The number of hydrogen-bond acceptors (Lipinski definition) is 3. The predicted molar refractivity (Wildman–Crippen MR) is 66.1 cm³/mol. The van der Waals surface area contributed by atoms with Crippen LogP contribution in [0.15, 0.2) is 22.8 Å². The van der Waals surface area contributed by atoms with Gasteiger partial charge in [-0.1, -0.05) is 13.8 Å². The highest BCUT2D eigenvalue weighted by Gasteiger charge is 2.35. The second-order valence-corrected chi connectivity index (χ2v) is 5.61. The number of nitrogens with zero attached hydrogens (tertiary/aromatic N) is 2. The van der Waals surface area contributed by atoms with Crippen LogP contribution in [0.2, 0.25) is 0 Å². The maximum absolute atomic E-state index is 8.91. The Morgan fingerprint density at radius 1 is 1.59 bits per heavy atom. The zero-order valence-corrected chi connectivity index (χ0v) is 10.6. The quantitative estimate of drug-likeness (QED) is 0.804. The minimum Gasteiger partial charge on any atom is -0.468 e. The lowest BCUT2D eigenvalue weighted by molar-refractivity contribution is 0.0543. The van der Waals surface area contributed by atoms with Gasteiger partial charge in [0.2, 0.25) is 0 Å². The second kappa shape index (κ2) is 4.93. The predicted octanol–water partition coefficient (Wildman–Crippen LogP) is 3.04. The van der Waals surface area contributed by atoms with E-state index in [-0.39, 0.29) is 5.41 Å². The van der Waals surface area contributed by atoms with Crippen molar-refractivity contribution < 1.29 is 4.42 Å². The molecule has 1 atom stereocenters. The van der Waals surface area contributed by atoms with Crippen molar-refractivity contribution in [2.24, 2.45) is 11.3 Å². The number of piperidine rings is 1. The highest BCUT2D eigenvalue weighted by atomic mass is 16.3. The Hall–Kier alpha value is -1.27. The van der Waals surface area contributed by atoms with Crippen LogP contribution in [-0.2, 0) is 6.54 Å². The molecule has 0 saturated carbocycles. The van der Waals surface area contributed by atoms with E-state index in [4.69, 9.17) is 9.68 Å². The highest BCUT2D eigenvalue weighted by molar-refractivity contribution is 4.99. The fraction of sp³-hybridized carbons (Fsp3) is 0.643. The van der Waals surface area contributed by atoms with Gasteiger partial charge in [0, 0.05) is 13.0 Å². The maximum Gasteiger partial charge on any atom is 0.117 e. The first-order chi connectivity index (χ1) is 8.12. The number of rotatable bonds is 3.